The van der Waals surface area contributed by atoms with E-state index in [1.165, 1.54) is 0 Å². The summed E-state index contributed by atoms with van der Waals surface area (Å²) in [6.07, 6.45) is 0. The molecule has 0 aromatic heterocycles. The molecule has 0 aliphatic carbocycles. The number of rotatable bonds is 5. The summed E-state index contributed by atoms with van der Waals surface area (Å²) in [5.74, 6) is 1.29. The molecule has 2 unspecified atom stereocenters. The molecule has 1 aromatic rings. The van der Waals surface area contributed by atoms with Gasteiger partial charge in [-0.15, -0.1) is 0 Å². The molecular formula is C15H22N2O2. The van der Waals surface area contributed by atoms with Crippen molar-refractivity contribution in [1.29, 1.82) is 5.26 Å². The number of methoxy groups -OCH3 is 2. The van der Waals surface area contributed by atoms with E-state index in [1.807, 2.05) is 32.9 Å². The Bertz CT molecular complexity index is 478. The minimum atomic E-state index is -0.329. The normalized spacial score (nSPS) is 13.8. The Labute approximate surface area is 115 Å². The van der Waals surface area contributed by atoms with Crippen LogP contribution >= 0.6 is 0 Å². The zero-order chi connectivity index (χ0) is 14.6. The second kappa shape index (κ2) is 6.44. The zero-order valence-corrected chi connectivity index (χ0v) is 12.2. The number of benzene rings is 1. The third-order valence-electron chi connectivity index (χ3n) is 3.39. The molecule has 0 heterocycles. The first-order chi connectivity index (χ1) is 8.96. The Morgan fingerprint density at radius 2 is 1.68 bits per heavy atom. The van der Waals surface area contributed by atoms with Gasteiger partial charge in [-0.3, -0.25) is 0 Å². The molecule has 0 radical (unpaired) electrons. The van der Waals surface area contributed by atoms with E-state index in [0.29, 0.717) is 11.5 Å². The van der Waals surface area contributed by atoms with Crippen molar-refractivity contribution >= 4 is 0 Å². The third-order valence-corrected chi connectivity index (χ3v) is 3.39. The Hall–Kier alpha value is -1.73. The number of hydrogen-bond acceptors (Lipinski definition) is 4. The van der Waals surface area contributed by atoms with Crippen molar-refractivity contribution in [3.05, 3.63) is 23.3 Å². The average Bonchev–Trinajstić information content (AvgIpc) is 2.38. The lowest BCUT2D eigenvalue weighted by molar-refractivity contribution is 0.351. The molecule has 0 bridgehead atoms. The van der Waals surface area contributed by atoms with Crippen LogP contribution in [-0.2, 0) is 0 Å². The zero-order valence-electron chi connectivity index (χ0n) is 12.2. The fourth-order valence-electron chi connectivity index (χ4n) is 2.19. The van der Waals surface area contributed by atoms with Crippen molar-refractivity contribution in [3.8, 4) is 17.6 Å². The van der Waals surface area contributed by atoms with Crippen molar-refractivity contribution in [2.24, 2.45) is 17.6 Å². The quantitative estimate of drug-likeness (QED) is 0.886. The maximum Gasteiger partial charge on any atom is 0.161 e. The smallest absolute Gasteiger partial charge is 0.161 e. The van der Waals surface area contributed by atoms with E-state index in [9.17, 15) is 5.26 Å². The van der Waals surface area contributed by atoms with Crippen LogP contribution in [-0.4, -0.2) is 14.2 Å². The van der Waals surface area contributed by atoms with Gasteiger partial charge in [-0.05, 0) is 36.1 Å². The number of aryl methyl sites for hydroxylation is 1. The van der Waals surface area contributed by atoms with Crippen LogP contribution in [0.1, 0.15) is 31.0 Å². The largest absolute Gasteiger partial charge is 0.493 e. The van der Waals surface area contributed by atoms with Gasteiger partial charge < -0.3 is 15.2 Å². The highest BCUT2D eigenvalue weighted by Gasteiger charge is 2.25. The van der Waals surface area contributed by atoms with Gasteiger partial charge in [0.1, 0.15) is 0 Å². The number of nitrogens with zero attached hydrogens (tertiary/aromatic N) is 1. The molecule has 0 spiro atoms. The predicted molar refractivity (Wildman–Crippen MR) is 75.2 cm³/mol. The first-order valence-electron chi connectivity index (χ1n) is 6.34. The van der Waals surface area contributed by atoms with Crippen LogP contribution in [0.25, 0.3) is 0 Å². The van der Waals surface area contributed by atoms with E-state index in [4.69, 9.17) is 15.2 Å². The van der Waals surface area contributed by atoms with Crippen molar-refractivity contribution in [2.45, 2.75) is 26.8 Å². The van der Waals surface area contributed by atoms with Gasteiger partial charge in [0.15, 0.2) is 11.5 Å². The highest BCUT2D eigenvalue weighted by atomic mass is 16.5. The summed E-state index contributed by atoms with van der Waals surface area (Å²) in [4.78, 5) is 0. The van der Waals surface area contributed by atoms with E-state index in [1.54, 1.807) is 14.2 Å². The Morgan fingerprint density at radius 3 is 2.11 bits per heavy atom. The van der Waals surface area contributed by atoms with Gasteiger partial charge in [0.05, 0.1) is 26.2 Å². The van der Waals surface area contributed by atoms with Crippen LogP contribution < -0.4 is 15.2 Å². The van der Waals surface area contributed by atoms with Crippen LogP contribution in [0.5, 0.6) is 11.5 Å². The maximum absolute atomic E-state index is 9.26. The number of ether oxygens (including phenoxy) is 2. The molecule has 0 saturated heterocycles. The molecule has 0 amide bonds. The van der Waals surface area contributed by atoms with Gasteiger partial charge >= 0.3 is 0 Å². The van der Waals surface area contributed by atoms with Crippen LogP contribution in [0, 0.1) is 30.1 Å². The number of nitrogens with two attached hydrogens (primary N) is 1. The van der Waals surface area contributed by atoms with Gasteiger partial charge in [-0.1, -0.05) is 13.8 Å². The summed E-state index contributed by atoms with van der Waals surface area (Å²) in [6.45, 7) is 5.97. The molecule has 0 fully saturated rings. The standard InChI is InChI=1S/C15H22N2O2/c1-9(2)12(8-16)15(17)11-7-14(19-5)13(18-4)6-10(11)3/h6-7,9,12,15H,17H2,1-5H3. The first-order valence-corrected chi connectivity index (χ1v) is 6.34. The fraction of sp³-hybridized carbons (Fsp3) is 0.533. The third kappa shape index (κ3) is 3.18. The van der Waals surface area contributed by atoms with E-state index < -0.39 is 0 Å². The Morgan fingerprint density at radius 1 is 1.16 bits per heavy atom. The molecular weight excluding hydrogens is 240 g/mol. The highest BCUT2D eigenvalue weighted by Crippen LogP contribution is 2.35. The van der Waals surface area contributed by atoms with Gasteiger partial charge in [-0.2, -0.15) is 5.26 Å². The highest BCUT2D eigenvalue weighted by molar-refractivity contribution is 5.48. The Kier molecular flexibility index (Phi) is 5.20. The average molecular weight is 262 g/mol. The van der Waals surface area contributed by atoms with Crippen LogP contribution in [0.3, 0.4) is 0 Å². The minimum absolute atomic E-state index is 0.201. The first kappa shape index (κ1) is 15.3. The molecule has 2 atom stereocenters. The Balaban J connectivity index is 3.24. The van der Waals surface area contributed by atoms with Crippen molar-refractivity contribution < 1.29 is 9.47 Å². The van der Waals surface area contributed by atoms with Crippen molar-refractivity contribution in [2.75, 3.05) is 14.2 Å². The molecule has 4 heteroatoms. The second-order valence-electron chi connectivity index (χ2n) is 4.99. The second-order valence-corrected chi connectivity index (χ2v) is 4.99. The number of nitriles is 1. The molecule has 0 aliphatic rings. The molecule has 4 nitrogen and oxygen atoms in total. The van der Waals surface area contributed by atoms with Crippen molar-refractivity contribution in [3.63, 3.8) is 0 Å². The maximum atomic E-state index is 9.26. The van der Waals surface area contributed by atoms with E-state index in [2.05, 4.69) is 6.07 Å². The van der Waals surface area contributed by atoms with Gasteiger partial charge in [0.25, 0.3) is 0 Å². The number of hydrogen-bond donors (Lipinski definition) is 1. The van der Waals surface area contributed by atoms with Gasteiger partial charge in [-0.25, -0.2) is 0 Å². The summed E-state index contributed by atoms with van der Waals surface area (Å²) in [5.41, 5.74) is 8.18. The minimum Gasteiger partial charge on any atom is -0.493 e. The molecule has 1 aromatic carbocycles. The van der Waals surface area contributed by atoms with Crippen LogP contribution in [0.2, 0.25) is 0 Å². The molecule has 0 aliphatic heterocycles. The SMILES string of the molecule is COc1cc(C)c(C(N)C(C#N)C(C)C)cc1OC. The van der Waals surface area contributed by atoms with Crippen molar-refractivity contribution in [1.82, 2.24) is 0 Å². The lowest BCUT2D eigenvalue weighted by Crippen LogP contribution is -2.25. The molecule has 2 N–H and O–H groups in total. The molecule has 19 heavy (non-hydrogen) atoms. The predicted octanol–water partition coefficient (Wildman–Crippen LogP) is 2.81. The monoisotopic (exact) mass is 262 g/mol. The molecule has 104 valence electrons. The van der Waals surface area contributed by atoms with Gasteiger partial charge in [0, 0.05) is 6.04 Å². The van der Waals surface area contributed by atoms with E-state index in [0.717, 1.165) is 11.1 Å². The molecule has 1 rings (SSSR count). The summed E-state index contributed by atoms with van der Waals surface area (Å²) >= 11 is 0. The van der Waals surface area contributed by atoms with E-state index in [-0.39, 0.29) is 17.9 Å². The summed E-state index contributed by atoms with van der Waals surface area (Å²) in [6, 6.07) is 5.73. The summed E-state index contributed by atoms with van der Waals surface area (Å²) in [7, 11) is 3.19. The van der Waals surface area contributed by atoms with E-state index >= 15 is 0 Å². The van der Waals surface area contributed by atoms with Crippen LogP contribution in [0.15, 0.2) is 12.1 Å². The topological polar surface area (TPSA) is 68.3 Å². The summed E-state index contributed by atoms with van der Waals surface area (Å²) < 4.78 is 10.5. The van der Waals surface area contributed by atoms with Crippen LogP contribution in [0.4, 0.5) is 0 Å². The summed E-state index contributed by atoms with van der Waals surface area (Å²) in [5, 5.41) is 9.26. The lowest BCUT2D eigenvalue weighted by Gasteiger charge is -2.24. The fourth-order valence-corrected chi connectivity index (χ4v) is 2.19. The van der Waals surface area contributed by atoms with Gasteiger partial charge in [0.2, 0.25) is 0 Å². The molecule has 0 saturated carbocycles. The lowest BCUT2D eigenvalue weighted by atomic mass is 9.84.